The molecule has 1 atom stereocenters. The fourth-order valence-electron chi connectivity index (χ4n) is 2.96. The number of nitrogens with one attached hydrogen (secondary N) is 2. The molecule has 0 aliphatic carbocycles. The molecule has 2 rings (SSSR count). The van der Waals surface area contributed by atoms with Crippen LogP contribution in [0.3, 0.4) is 0 Å². The number of amides is 4. The van der Waals surface area contributed by atoms with Gasteiger partial charge in [0.25, 0.3) is 11.8 Å². The van der Waals surface area contributed by atoms with E-state index in [2.05, 4.69) is 10.6 Å². The second-order valence-electron chi connectivity index (χ2n) is 7.75. The van der Waals surface area contributed by atoms with Crippen LogP contribution < -0.4 is 15.4 Å². The third-order valence-electron chi connectivity index (χ3n) is 4.67. The maximum absolute atomic E-state index is 12.6. The van der Waals surface area contributed by atoms with Gasteiger partial charge >= 0.3 is 12.0 Å². The molecule has 2 N–H and O–H groups in total. The van der Waals surface area contributed by atoms with Crippen LogP contribution in [0.2, 0.25) is 0 Å². The van der Waals surface area contributed by atoms with Crippen LogP contribution in [0.5, 0.6) is 5.75 Å². The number of hydrogen-bond donors (Lipinski definition) is 2. The number of ether oxygens (including phenoxy) is 2. The average Bonchev–Trinajstić information content (AvgIpc) is 2.90. The highest BCUT2D eigenvalue weighted by atomic mass is 16.5. The van der Waals surface area contributed by atoms with E-state index in [4.69, 9.17) is 9.47 Å². The van der Waals surface area contributed by atoms with Crippen LogP contribution in [0.15, 0.2) is 24.3 Å². The van der Waals surface area contributed by atoms with Crippen LogP contribution in [-0.4, -0.2) is 54.0 Å². The Hall–Kier alpha value is -3.10. The zero-order valence-corrected chi connectivity index (χ0v) is 17.8. The monoisotopic (exact) mass is 419 g/mol. The molecule has 0 unspecified atom stereocenters. The topological polar surface area (TPSA) is 114 Å². The molecule has 1 aliphatic heterocycles. The summed E-state index contributed by atoms with van der Waals surface area (Å²) in [4.78, 5) is 49.6. The van der Waals surface area contributed by atoms with Gasteiger partial charge in [-0.2, -0.15) is 0 Å². The van der Waals surface area contributed by atoms with Crippen molar-refractivity contribution in [2.45, 2.75) is 46.1 Å². The lowest BCUT2D eigenvalue weighted by atomic mass is 9.92. The van der Waals surface area contributed by atoms with Crippen LogP contribution in [0.1, 0.15) is 40.5 Å². The number of benzene rings is 1. The van der Waals surface area contributed by atoms with Gasteiger partial charge in [-0.25, -0.2) is 4.79 Å². The van der Waals surface area contributed by atoms with E-state index in [1.54, 1.807) is 31.2 Å². The fraction of sp³-hybridized carbons (Fsp3) is 0.524. The number of imide groups is 1. The first-order valence-electron chi connectivity index (χ1n) is 9.97. The lowest BCUT2D eigenvalue weighted by Gasteiger charge is -2.22. The third kappa shape index (κ3) is 6.20. The van der Waals surface area contributed by atoms with Gasteiger partial charge in [0.15, 0.2) is 6.61 Å². The van der Waals surface area contributed by atoms with E-state index in [0.29, 0.717) is 30.4 Å². The summed E-state index contributed by atoms with van der Waals surface area (Å²) in [6.45, 7) is 7.03. The van der Waals surface area contributed by atoms with Crippen molar-refractivity contribution in [2.24, 2.45) is 5.92 Å². The first kappa shape index (κ1) is 23.2. The molecule has 1 aromatic carbocycles. The summed E-state index contributed by atoms with van der Waals surface area (Å²) in [5, 5.41) is 5.23. The summed E-state index contributed by atoms with van der Waals surface area (Å²) in [6.07, 6.45) is 1.23. The van der Waals surface area contributed by atoms with Crippen molar-refractivity contribution in [1.29, 1.82) is 0 Å². The molecular formula is C21H29N3O6. The van der Waals surface area contributed by atoms with Crippen LogP contribution >= 0.6 is 0 Å². The summed E-state index contributed by atoms with van der Waals surface area (Å²) in [5.41, 5.74) is -0.512. The SMILES string of the molecule is CCOc1ccc(NC(=O)COC(=O)CN2C(=O)N[C@](C)(CCC(C)C)C2=O)cc1. The van der Waals surface area contributed by atoms with Gasteiger partial charge in [-0.3, -0.25) is 19.3 Å². The number of hydrogen-bond acceptors (Lipinski definition) is 6. The van der Waals surface area contributed by atoms with Gasteiger partial charge in [0.05, 0.1) is 6.61 Å². The molecule has 1 saturated heterocycles. The van der Waals surface area contributed by atoms with E-state index in [-0.39, 0.29) is 0 Å². The second-order valence-corrected chi connectivity index (χ2v) is 7.75. The Morgan fingerprint density at radius 2 is 1.87 bits per heavy atom. The quantitative estimate of drug-likeness (QED) is 0.444. The molecule has 1 fully saturated rings. The minimum absolute atomic E-state index is 0.374. The molecule has 9 nitrogen and oxygen atoms in total. The van der Waals surface area contributed by atoms with Crippen molar-refractivity contribution in [3.8, 4) is 5.75 Å². The summed E-state index contributed by atoms with van der Waals surface area (Å²) in [5.74, 6) is -0.792. The van der Waals surface area contributed by atoms with Crippen molar-refractivity contribution in [3.05, 3.63) is 24.3 Å². The van der Waals surface area contributed by atoms with E-state index in [9.17, 15) is 19.2 Å². The lowest BCUT2D eigenvalue weighted by molar-refractivity contribution is -0.150. The Kier molecular flexibility index (Phi) is 7.79. The Morgan fingerprint density at radius 1 is 1.20 bits per heavy atom. The minimum atomic E-state index is -1.04. The van der Waals surface area contributed by atoms with Gasteiger partial charge in [-0.05, 0) is 56.9 Å². The lowest BCUT2D eigenvalue weighted by Crippen LogP contribution is -2.44. The van der Waals surface area contributed by atoms with Gasteiger partial charge in [0, 0.05) is 5.69 Å². The molecular weight excluding hydrogens is 390 g/mol. The van der Waals surface area contributed by atoms with Gasteiger partial charge in [0.1, 0.15) is 17.8 Å². The summed E-state index contributed by atoms with van der Waals surface area (Å²) >= 11 is 0. The van der Waals surface area contributed by atoms with E-state index >= 15 is 0 Å². The van der Waals surface area contributed by atoms with Crippen LogP contribution in [0, 0.1) is 5.92 Å². The number of carbonyl (C=O) groups excluding carboxylic acids is 4. The number of urea groups is 1. The second kappa shape index (κ2) is 10.1. The minimum Gasteiger partial charge on any atom is -0.494 e. The predicted octanol–water partition coefficient (Wildman–Crippen LogP) is 2.31. The van der Waals surface area contributed by atoms with E-state index in [0.717, 1.165) is 11.3 Å². The number of rotatable bonds is 10. The Balaban J connectivity index is 1.81. The van der Waals surface area contributed by atoms with Gasteiger partial charge in [-0.15, -0.1) is 0 Å². The summed E-state index contributed by atoms with van der Waals surface area (Å²) in [7, 11) is 0. The summed E-state index contributed by atoms with van der Waals surface area (Å²) in [6, 6.07) is 6.10. The molecule has 0 saturated carbocycles. The van der Waals surface area contributed by atoms with Crippen LogP contribution in [-0.2, 0) is 19.1 Å². The van der Waals surface area contributed by atoms with Gasteiger partial charge < -0.3 is 20.1 Å². The highest BCUT2D eigenvalue weighted by molar-refractivity contribution is 6.08. The molecule has 9 heteroatoms. The van der Waals surface area contributed by atoms with Crippen LogP contribution in [0.4, 0.5) is 10.5 Å². The molecule has 0 spiro atoms. The van der Waals surface area contributed by atoms with Crippen molar-refractivity contribution in [1.82, 2.24) is 10.2 Å². The molecule has 1 heterocycles. The Bertz CT molecular complexity index is 792. The first-order valence-corrected chi connectivity index (χ1v) is 9.97. The molecule has 4 amide bonds. The maximum atomic E-state index is 12.6. The van der Waals surface area contributed by atoms with E-state index < -0.39 is 42.5 Å². The Labute approximate surface area is 176 Å². The highest BCUT2D eigenvalue weighted by Gasteiger charge is 2.48. The third-order valence-corrected chi connectivity index (χ3v) is 4.67. The van der Waals surface area contributed by atoms with Crippen molar-refractivity contribution >= 4 is 29.5 Å². The first-order chi connectivity index (χ1) is 14.1. The number of nitrogens with zero attached hydrogens (tertiary/aromatic N) is 1. The van der Waals surface area contributed by atoms with E-state index in [1.165, 1.54) is 0 Å². The highest BCUT2D eigenvalue weighted by Crippen LogP contribution is 2.24. The smallest absolute Gasteiger partial charge is 0.326 e. The molecule has 1 aromatic rings. The van der Waals surface area contributed by atoms with Gasteiger partial charge in [0.2, 0.25) is 0 Å². The molecule has 0 radical (unpaired) electrons. The number of anilines is 1. The molecule has 30 heavy (non-hydrogen) atoms. The predicted molar refractivity (Wildman–Crippen MR) is 110 cm³/mol. The zero-order valence-electron chi connectivity index (χ0n) is 17.8. The summed E-state index contributed by atoms with van der Waals surface area (Å²) < 4.78 is 10.2. The largest absolute Gasteiger partial charge is 0.494 e. The molecule has 0 bridgehead atoms. The maximum Gasteiger partial charge on any atom is 0.326 e. The average molecular weight is 419 g/mol. The van der Waals surface area contributed by atoms with E-state index in [1.807, 2.05) is 20.8 Å². The fourth-order valence-corrected chi connectivity index (χ4v) is 2.96. The Morgan fingerprint density at radius 3 is 2.47 bits per heavy atom. The van der Waals surface area contributed by atoms with Crippen molar-refractivity contribution < 1.29 is 28.7 Å². The van der Waals surface area contributed by atoms with Crippen molar-refractivity contribution in [3.63, 3.8) is 0 Å². The van der Waals surface area contributed by atoms with Crippen LogP contribution in [0.25, 0.3) is 0 Å². The molecule has 1 aliphatic rings. The molecule has 0 aromatic heterocycles. The molecule has 164 valence electrons. The number of carbonyl (C=O) groups is 4. The normalized spacial score (nSPS) is 18.4. The standard InChI is InChI=1S/C21H29N3O6/c1-5-29-16-8-6-15(7-9-16)22-17(25)13-30-18(26)12-24-19(27)21(4,23-20(24)28)11-10-14(2)3/h6-9,14H,5,10-13H2,1-4H3,(H,22,25)(H,23,28)/t21-/m1/s1. The zero-order chi connectivity index (χ0) is 22.3. The van der Waals surface area contributed by atoms with Gasteiger partial charge in [-0.1, -0.05) is 13.8 Å². The van der Waals surface area contributed by atoms with Crippen molar-refractivity contribution in [2.75, 3.05) is 25.1 Å². The number of esters is 1.